The van der Waals surface area contributed by atoms with Crippen LogP contribution >= 0.6 is 11.6 Å². The maximum atomic E-state index is 11.6. The van der Waals surface area contributed by atoms with Crippen molar-refractivity contribution in [3.8, 4) is 0 Å². The number of nitrogens with one attached hydrogen (secondary N) is 1. The van der Waals surface area contributed by atoms with Crippen molar-refractivity contribution < 1.29 is 0 Å². The lowest BCUT2D eigenvalue weighted by Gasteiger charge is -2.06. The maximum absolute atomic E-state index is 11.6. The lowest BCUT2D eigenvalue weighted by molar-refractivity contribution is 0.711. The molecule has 0 aliphatic carbocycles. The maximum Gasteiger partial charge on any atom is 0.328 e. The lowest BCUT2D eigenvalue weighted by atomic mass is 10.3. The second-order valence-corrected chi connectivity index (χ2v) is 4.01. The molecule has 17 heavy (non-hydrogen) atoms. The molecule has 0 saturated heterocycles. The molecule has 0 amide bonds. The molecule has 2 rings (SSSR count). The number of pyridine rings is 1. The molecular formula is C11H10ClN3O2. The Kier molecular flexibility index (Phi) is 3.10. The first kappa shape index (κ1) is 11.6. The van der Waals surface area contributed by atoms with Crippen molar-refractivity contribution in [1.29, 1.82) is 0 Å². The Morgan fingerprint density at radius 2 is 2.24 bits per heavy atom. The quantitative estimate of drug-likeness (QED) is 0.808. The summed E-state index contributed by atoms with van der Waals surface area (Å²) >= 11 is 5.90. The smallest absolute Gasteiger partial charge is 0.296 e. The van der Waals surface area contributed by atoms with Crippen molar-refractivity contribution in [2.45, 2.75) is 13.5 Å². The molecule has 0 aliphatic rings. The van der Waals surface area contributed by atoms with Gasteiger partial charge in [-0.2, -0.15) is 0 Å². The number of aryl methyl sites for hydroxylation is 1. The van der Waals surface area contributed by atoms with E-state index in [2.05, 4.69) is 9.97 Å². The Morgan fingerprint density at radius 3 is 2.94 bits per heavy atom. The van der Waals surface area contributed by atoms with Gasteiger partial charge in [-0.1, -0.05) is 17.7 Å². The minimum Gasteiger partial charge on any atom is -0.296 e. The van der Waals surface area contributed by atoms with Gasteiger partial charge in [-0.3, -0.25) is 14.3 Å². The van der Waals surface area contributed by atoms with E-state index in [0.29, 0.717) is 10.7 Å². The van der Waals surface area contributed by atoms with E-state index in [4.69, 9.17) is 11.6 Å². The third-order valence-corrected chi connectivity index (χ3v) is 2.71. The van der Waals surface area contributed by atoms with E-state index in [1.807, 2.05) is 0 Å². The average Bonchev–Trinajstić information content (AvgIpc) is 2.29. The van der Waals surface area contributed by atoms with Crippen molar-refractivity contribution in [2.75, 3.05) is 0 Å². The molecule has 0 aliphatic heterocycles. The largest absolute Gasteiger partial charge is 0.328 e. The topological polar surface area (TPSA) is 67.8 Å². The lowest BCUT2D eigenvalue weighted by Crippen LogP contribution is -2.31. The number of aromatic amines is 1. The van der Waals surface area contributed by atoms with Crippen LogP contribution in [0.1, 0.15) is 11.1 Å². The minimum absolute atomic E-state index is 0.281. The summed E-state index contributed by atoms with van der Waals surface area (Å²) in [6.07, 6.45) is 3.08. The zero-order valence-electron chi connectivity index (χ0n) is 9.11. The van der Waals surface area contributed by atoms with Gasteiger partial charge in [0.15, 0.2) is 0 Å². The number of hydrogen-bond acceptors (Lipinski definition) is 3. The van der Waals surface area contributed by atoms with E-state index in [1.165, 1.54) is 10.8 Å². The highest BCUT2D eigenvalue weighted by atomic mass is 35.5. The summed E-state index contributed by atoms with van der Waals surface area (Å²) in [6.45, 7) is 1.92. The molecule has 0 radical (unpaired) electrons. The molecule has 1 N–H and O–H groups in total. The Balaban J connectivity index is 2.44. The van der Waals surface area contributed by atoms with Crippen LogP contribution in [-0.2, 0) is 6.54 Å². The first-order valence-corrected chi connectivity index (χ1v) is 5.35. The van der Waals surface area contributed by atoms with Crippen LogP contribution in [0.25, 0.3) is 0 Å². The number of H-pyrrole nitrogens is 1. The van der Waals surface area contributed by atoms with Gasteiger partial charge in [0, 0.05) is 23.5 Å². The second-order valence-electron chi connectivity index (χ2n) is 3.65. The molecule has 0 unspecified atom stereocenters. The van der Waals surface area contributed by atoms with E-state index >= 15 is 0 Å². The van der Waals surface area contributed by atoms with E-state index in [-0.39, 0.29) is 12.1 Å². The van der Waals surface area contributed by atoms with Gasteiger partial charge in [0.05, 0.1) is 6.54 Å². The van der Waals surface area contributed by atoms with Gasteiger partial charge < -0.3 is 0 Å². The van der Waals surface area contributed by atoms with Crippen molar-refractivity contribution in [2.24, 2.45) is 0 Å². The summed E-state index contributed by atoms with van der Waals surface area (Å²) in [5.74, 6) is 0. The van der Waals surface area contributed by atoms with Gasteiger partial charge in [-0.25, -0.2) is 9.78 Å². The van der Waals surface area contributed by atoms with Crippen molar-refractivity contribution in [1.82, 2.24) is 14.5 Å². The van der Waals surface area contributed by atoms with Crippen LogP contribution in [0.4, 0.5) is 0 Å². The van der Waals surface area contributed by atoms with Crippen LogP contribution in [0.2, 0.25) is 5.15 Å². The Hall–Kier alpha value is -1.88. The summed E-state index contributed by atoms with van der Waals surface area (Å²) in [5, 5.41) is 0.350. The molecule has 2 heterocycles. The number of halogens is 1. The summed E-state index contributed by atoms with van der Waals surface area (Å²) in [4.78, 5) is 28.9. The van der Waals surface area contributed by atoms with Crippen molar-refractivity contribution in [3.05, 3.63) is 61.6 Å². The van der Waals surface area contributed by atoms with Crippen LogP contribution in [0, 0.1) is 6.92 Å². The zero-order valence-corrected chi connectivity index (χ0v) is 9.86. The van der Waals surface area contributed by atoms with Crippen LogP contribution in [0.5, 0.6) is 0 Å². The molecule has 0 fully saturated rings. The van der Waals surface area contributed by atoms with Gasteiger partial charge in [0.25, 0.3) is 5.56 Å². The van der Waals surface area contributed by atoms with E-state index in [0.717, 1.165) is 5.56 Å². The van der Waals surface area contributed by atoms with Crippen LogP contribution < -0.4 is 11.2 Å². The van der Waals surface area contributed by atoms with Gasteiger partial charge in [-0.05, 0) is 13.0 Å². The normalized spacial score (nSPS) is 10.5. The minimum atomic E-state index is -0.458. The SMILES string of the molecule is Cc1cn(Cc2cccnc2Cl)c(=O)[nH]c1=O. The average molecular weight is 252 g/mol. The first-order chi connectivity index (χ1) is 8.08. The molecule has 5 nitrogen and oxygen atoms in total. The van der Waals surface area contributed by atoms with Crippen molar-refractivity contribution >= 4 is 11.6 Å². The monoisotopic (exact) mass is 251 g/mol. The highest BCUT2D eigenvalue weighted by Gasteiger charge is 2.05. The molecule has 6 heteroatoms. The Bertz CT molecular complexity index is 660. The highest BCUT2D eigenvalue weighted by Crippen LogP contribution is 2.11. The Morgan fingerprint density at radius 1 is 1.47 bits per heavy atom. The summed E-state index contributed by atoms with van der Waals surface area (Å²) < 4.78 is 1.39. The second kappa shape index (κ2) is 4.55. The molecule has 0 aromatic carbocycles. The van der Waals surface area contributed by atoms with E-state index in [1.54, 1.807) is 25.3 Å². The van der Waals surface area contributed by atoms with Gasteiger partial charge >= 0.3 is 5.69 Å². The van der Waals surface area contributed by atoms with Crippen LogP contribution in [0.15, 0.2) is 34.1 Å². The standard InChI is InChI=1S/C11H10ClN3O2/c1-7-5-15(11(17)14-10(7)16)6-8-3-2-4-13-9(8)12/h2-5H,6H2,1H3,(H,14,16,17). The number of hydrogen-bond donors (Lipinski definition) is 1. The van der Waals surface area contributed by atoms with Gasteiger partial charge in [-0.15, -0.1) is 0 Å². The van der Waals surface area contributed by atoms with E-state index < -0.39 is 5.69 Å². The predicted octanol–water partition coefficient (Wildman–Crippen LogP) is 0.942. The predicted molar refractivity (Wildman–Crippen MR) is 64.4 cm³/mol. The third-order valence-electron chi connectivity index (χ3n) is 2.37. The highest BCUT2D eigenvalue weighted by molar-refractivity contribution is 6.30. The van der Waals surface area contributed by atoms with E-state index in [9.17, 15) is 9.59 Å². The number of aromatic nitrogens is 3. The molecule has 2 aromatic heterocycles. The first-order valence-electron chi connectivity index (χ1n) is 4.97. The Labute approximate surface area is 102 Å². The molecule has 0 saturated carbocycles. The zero-order chi connectivity index (χ0) is 12.4. The molecular weight excluding hydrogens is 242 g/mol. The fourth-order valence-electron chi connectivity index (χ4n) is 1.46. The molecule has 0 bridgehead atoms. The summed E-state index contributed by atoms with van der Waals surface area (Å²) in [6, 6.07) is 3.52. The van der Waals surface area contributed by atoms with Gasteiger partial charge in [0.2, 0.25) is 0 Å². The van der Waals surface area contributed by atoms with Gasteiger partial charge in [0.1, 0.15) is 5.15 Å². The molecule has 0 atom stereocenters. The summed E-state index contributed by atoms with van der Waals surface area (Å²) in [7, 11) is 0. The van der Waals surface area contributed by atoms with Crippen LogP contribution in [0.3, 0.4) is 0 Å². The third kappa shape index (κ3) is 2.45. The van der Waals surface area contributed by atoms with Crippen LogP contribution in [-0.4, -0.2) is 14.5 Å². The fraction of sp³-hybridized carbons (Fsp3) is 0.182. The molecule has 0 spiro atoms. The summed E-state index contributed by atoms with van der Waals surface area (Å²) in [5.41, 5.74) is 0.372. The fourth-order valence-corrected chi connectivity index (χ4v) is 1.64. The number of nitrogens with zero attached hydrogens (tertiary/aromatic N) is 2. The van der Waals surface area contributed by atoms with Crippen molar-refractivity contribution in [3.63, 3.8) is 0 Å². The molecule has 88 valence electrons. The number of rotatable bonds is 2. The molecule has 2 aromatic rings.